The minimum absolute atomic E-state index is 0.186. The number of fused-ring (bicyclic) bond motifs is 1. The Bertz CT molecular complexity index is 783. The third-order valence-electron chi connectivity index (χ3n) is 5.86. The van der Waals surface area contributed by atoms with Crippen LogP contribution >= 0.6 is 0 Å². The molecule has 1 saturated heterocycles. The maximum Gasteiger partial charge on any atom is 0.309 e. The normalized spacial score (nSPS) is 19.5. The quantitative estimate of drug-likeness (QED) is 0.727. The third kappa shape index (κ3) is 4.16. The summed E-state index contributed by atoms with van der Waals surface area (Å²) >= 11 is 0. The molecule has 0 aromatic heterocycles. The number of nitrogens with zero attached hydrogens (tertiary/aromatic N) is 1. The summed E-state index contributed by atoms with van der Waals surface area (Å²) in [5, 5.41) is 9.08. The maximum atomic E-state index is 11.0. The minimum Gasteiger partial charge on any atom is -0.493 e. The molecule has 2 aromatic carbocycles. The van der Waals surface area contributed by atoms with Crippen molar-refractivity contribution in [3.05, 3.63) is 65.2 Å². The van der Waals surface area contributed by atoms with Gasteiger partial charge in [-0.25, -0.2) is 0 Å². The van der Waals surface area contributed by atoms with Gasteiger partial charge >= 0.3 is 5.97 Å². The fourth-order valence-corrected chi connectivity index (χ4v) is 4.21. The lowest BCUT2D eigenvalue weighted by atomic mass is 9.97. The van der Waals surface area contributed by atoms with E-state index in [9.17, 15) is 4.79 Å². The molecular weight excluding hydrogens is 338 g/mol. The molecule has 1 unspecified atom stereocenters. The Kier molecular flexibility index (Phi) is 5.44. The van der Waals surface area contributed by atoms with Crippen molar-refractivity contribution >= 4 is 5.97 Å². The first-order valence-electron chi connectivity index (χ1n) is 9.95. The molecule has 0 bridgehead atoms. The van der Waals surface area contributed by atoms with Crippen molar-refractivity contribution in [1.29, 1.82) is 0 Å². The van der Waals surface area contributed by atoms with Crippen LogP contribution in [-0.4, -0.2) is 41.7 Å². The van der Waals surface area contributed by atoms with E-state index in [2.05, 4.69) is 53.4 Å². The smallest absolute Gasteiger partial charge is 0.309 e. The zero-order valence-corrected chi connectivity index (χ0v) is 15.6. The van der Waals surface area contributed by atoms with Crippen LogP contribution in [0.1, 0.15) is 29.5 Å². The zero-order chi connectivity index (χ0) is 18.6. The van der Waals surface area contributed by atoms with E-state index in [-0.39, 0.29) is 5.92 Å². The zero-order valence-electron chi connectivity index (χ0n) is 15.6. The molecule has 1 aliphatic heterocycles. The average Bonchev–Trinajstić information content (AvgIpc) is 3.05. The molecule has 27 heavy (non-hydrogen) atoms. The Balaban J connectivity index is 1.25. The van der Waals surface area contributed by atoms with Gasteiger partial charge in [0.2, 0.25) is 0 Å². The lowest BCUT2D eigenvalue weighted by molar-refractivity contribution is -0.148. The van der Waals surface area contributed by atoms with Gasteiger partial charge in [-0.1, -0.05) is 42.5 Å². The Morgan fingerprint density at radius 3 is 2.63 bits per heavy atom. The average molecular weight is 365 g/mol. The lowest BCUT2D eigenvalue weighted by Gasteiger charge is -2.41. The van der Waals surface area contributed by atoms with Gasteiger partial charge in [-0.05, 0) is 54.9 Å². The van der Waals surface area contributed by atoms with Crippen molar-refractivity contribution in [2.75, 3.05) is 19.7 Å². The molecule has 0 spiro atoms. The molecule has 1 N–H and O–H groups in total. The predicted molar refractivity (Wildman–Crippen MR) is 105 cm³/mol. The van der Waals surface area contributed by atoms with Gasteiger partial charge in [0.25, 0.3) is 0 Å². The number of aryl methyl sites for hydroxylation is 1. The molecule has 1 aliphatic carbocycles. The Labute approximate surface area is 160 Å². The Morgan fingerprint density at radius 1 is 1.04 bits per heavy atom. The van der Waals surface area contributed by atoms with Crippen molar-refractivity contribution in [2.24, 2.45) is 5.92 Å². The van der Waals surface area contributed by atoms with Crippen LogP contribution < -0.4 is 4.74 Å². The summed E-state index contributed by atoms with van der Waals surface area (Å²) in [5.74, 6) is 0.167. The second-order valence-corrected chi connectivity index (χ2v) is 7.74. The van der Waals surface area contributed by atoms with Crippen LogP contribution in [0.15, 0.2) is 48.5 Å². The Morgan fingerprint density at radius 2 is 1.85 bits per heavy atom. The van der Waals surface area contributed by atoms with Gasteiger partial charge in [0.15, 0.2) is 0 Å². The summed E-state index contributed by atoms with van der Waals surface area (Å²) in [6, 6.07) is 17.4. The number of carboxylic acids is 1. The fraction of sp³-hybridized carbons (Fsp3) is 0.435. The van der Waals surface area contributed by atoms with E-state index in [1.54, 1.807) is 0 Å². The molecule has 0 amide bonds. The lowest BCUT2D eigenvalue weighted by Crippen LogP contribution is -2.55. The second-order valence-electron chi connectivity index (χ2n) is 7.74. The summed E-state index contributed by atoms with van der Waals surface area (Å²) in [7, 11) is 0. The molecule has 1 fully saturated rings. The van der Waals surface area contributed by atoms with Gasteiger partial charge in [0, 0.05) is 19.1 Å². The molecular formula is C23H27NO3. The molecule has 4 nitrogen and oxygen atoms in total. The first kappa shape index (κ1) is 18.1. The topological polar surface area (TPSA) is 49.8 Å². The van der Waals surface area contributed by atoms with Crippen molar-refractivity contribution in [2.45, 2.75) is 38.1 Å². The summed E-state index contributed by atoms with van der Waals surface area (Å²) in [5.41, 5.74) is 4.07. The van der Waals surface area contributed by atoms with Crippen molar-refractivity contribution in [3.8, 4) is 5.75 Å². The SMILES string of the molecule is O=C(O)C1CN(C2Cc3cccc(OCCCCc4ccccc4)c3C2)C1. The summed E-state index contributed by atoms with van der Waals surface area (Å²) < 4.78 is 6.11. The number of hydrogen-bond donors (Lipinski definition) is 1. The van der Waals surface area contributed by atoms with Gasteiger partial charge in [-0.2, -0.15) is 0 Å². The molecule has 0 saturated carbocycles. The van der Waals surface area contributed by atoms with Crippen LogP contribution in [0.2, 0.25) is 0 Å². The van der Waals surface area contributed by atoms with E-state index in [0.717, 1.165) is 44.5 Å². The number of carbonyl (C=O) groups is 1. The molecule has 142 valence electrons. The van der Waals surface area contributed by atoms with Gasteiger partial charge < -0.3 is 9.84 Å². The van der Waals surface area contributed by atoms with Crippen LogP contribution in [0.5, 0.6) is 5.75 Å². The van der Waals surface area contributed by atoms with E-state index in [0.29, 0.717) is 19.1 Å². The summed E-state index contributed by atoms with van der Waals surface area (Å²) in [6.07, 6.45) is 5.26. The van der Waals surface area contributed by atoms with Crippen LogP contribution in [0.25, 0.3) is 0 Å². The molecule has 1 atom stereocenters. The Hall–Kier alpha value is -2.33. The van der Waals surface area contributed by atoms with Crippen LogP contribution in [-0.2, 0) is 24.1 Å². The molecule has 4 rings (SSSR count). The number of likely N-dealkylation sites (tertiary alicyclic amines) is 1. The van der Waals surface area contributed by atoms with Crippen LogP contribution in [0.4, 0.5) is 0 Å². The number of ether oxygens (including phenoxy) is 1. The van der Waals surface area contributed by atoms with Crippen molar-refractivity contribution < 1.29 is 14.6 Å². The summed E-state index contributed by atoms with van der Waals surface area (Å²) in [6.45, 7) is 2.12. The number of carboxylic acid groups (broad SMARTS) is 1. The number of rotatable bonds is 8. The van der Waals surface area contributed by atoms with E-state index < -0.39 is 5.97 Å². The highest BCUT2D eigenvalue weighted by Crippen LogP contribution is 2.35. The van der Waals surface area contributed by atoms with E-state index >= 15 is 0 Å². The van der Waals surface area contributed by atoms with Gasteiger partial charge in [-0.15, -0.1) is 0 Å². The van der Waals surface area contributed by atoms with Crippen molar-refractivity contribution in [1.82, 2.24) is 4.90 Å². The van der Waals surface area contributed by atoms with Gasteiger partial charge in [-0.3, -0.25) is 9.69 Å². The number of hydrogen-bond acceptors (Lipinski definition) is 3. The number of benzene rings is 2. The number of unbranched alkanes of at least 4 members (excludes halogenated alkanes) is 1. The van der Waals surface area contributed by atoms with Gasteiger partial charge in [0.05, 0.1) is 12.5 Å². The monoisotopic (exact) mass is 365 g/mol. The second kappa shape index (κ2) is 8.13. The molecule has 2 aliphatic rings. The highest BCUT2D eigenvalue weighted by atomic mass is 16.5. The van der Waals surface area contributed by atoms with E-state index in [1.165, 1.54) is 16.7 Å². The van der Waals surface area contributed by atoms with Crippen molar-refractivity contribution in [3.63, 3.8) is 0 Å². The third-order valence-corrected chi connectivity index (χ3v) is 5.86. The molecule has 0 radical (unpaired) electrons. The largest absolute Gasteiger partial charge is 0.493 e. The minimum atomic E-state index is -0.665. The van der Waals surface area contributed by atoms with Crippen LogP contribution in [0.3, 0.4) is 0 Å². The molecule has 1 heterocycles. The highest BCUT2D eigenvalue weighted by Gasteiger charge is 2.39. The van der Waals surface area contributed by atoms with Crippen LogP contribution in [0, 0.1) is 5.92 Å². The van der Waals surface area contributed by atoms with E-state index in [1.807, 2.05) is 0 Å². The highest BCUT2D eigenvalue weighted by molar-refractivity contribution is 5.71. The first-order chi connectivity index (χ1) is 13.2. The molecule has 2 aromatic rings. The standard InChI is InChI=1S/C23H27NO3/c25-23(26)19-15-24(16-19)20-13-18-10-6-11-22(21(18)14-20)27-12-5-4-9-17-7-2-1-3-8-17/h1-3,6-8,10-11,19-20H,4-5,9,12-16H2,(H,25,26). The number of aliphatic carboxylic acids is 1. The predicted octanol–water partition coefficient (Wildman–Crippen LogP) is 3.57. The molecule has 4 heteroatoms. The van der Waals surface area contributed by atoms with Gasteiger partial charge in [0.1, 0.15) is 5.75 Å². The van der Waals surface area contributed by atoms with E-state index in [4.69, 9.17) is 9.84 Å². The first-order valence-corrected chi connectivity index (χ1v) is 9.95. The maximum absolute atomic E-state index is 11.0. The fourth-order valence-electron chi connectivity index (χ4n) is 4.21. The summed E-state index contributed by atoms with van der Waals surface area (Å²) in [4.78, 5) is 13.3.